The molecule has 0 atom stereocenters. The fourth-order valence-corrected chi connectivity index (χ4v) is 10.8. The van der Waals surface area contributed by atoms with Gasteiger partial charge in [-0.3, -0.25) is 0 Å². The summed E-state index contributed by atoms with van der Waals surface area (Å²) in [6.07, 6.45) is 8.35. The van der Waals surface area contributed by atoms with Crippen LogP contribution < -0.4 is 0 Å². The third-order valence-corrected chi connectivity index (χ3v) is 15.1. The van der Waals surface area contributed by atoms with E-state index in [2.05, 4.69) is 100 Å². The second-order valence-corrected chi connectivity index (χ2v) is 18.7. The molecule has 0 saturated heterocycles. The van der Waals surface area contributed by atoms with E-state index in [9.17, 15) is 20.4 Å². The van der Waals surface area contributed by atoms with Crippen LogP contribution in [0.3, 0.4) is 0 Å². The van der Waals surface area contributed by atoms with Crippen LogP contribution in [0.5, 0.6) is 23.0 Å². The Balaban J connectivity index is 1.13. The van der Waals surface area contributed by atoms with Crippen molar-refractivity contribution in [1.29, 1.82) is 0 Å². The van der Waals surface area contributed by atoms with Crippen molar-refractivity contribution in [2.45, 2.75) is 128 Å². The molecule has 4 heteroatoms. The summed E-state index contributed by atoms with van der Waals surface area (Å²) in [6.45, 7) is 17.7. The zero-order valence-corrected chi connectivity index (χ0v) is 34.8. The smallest absolute Gasteiger partial charge is 0.118 e. The van der Waals surface area contributed by atoms with Gasteiger partial charge in [0, 0.05) is 10.8 Å². The number of phenolic OH excluding ortho intramolecular Hbond substituents is 4. The molecule has 294 valence electrons. The molecule has 4 N–H and O–H groups in total. The monoisotopic (exact) mass is 750 g/mol. The zero-order chi connectivity index (χ0) is 40.2. The van der Waals surface area contributed by atoms with Crippen LogP contribution in [0.1, 0.15) is 135 Å². The maximum atomic E-state index is 10.4. The Bertz CT molecular complexity index is 1970. The summed E-state index contributed by atoms with van der Waals surface area (Å²) in [4.78, 5) is 0. The van der Waals surface area contributed by atoms with Gasteiger partial charge in [0.05, 0.1) is 0 Å². The molecule has 56 heavy (non-hydrogen) atoms. The third-order valence-electron chi connectivity index (χ3n) is 15.1. The fourth-order valence-electron chi connectivity index (χ4n) is 10.8. The molecule has 0 aliphatic heterocycles. The average molecular weight is 751 g/mol. The van der Waals surface area contributed by atoms with Crippen LogP contribution in [0.2, 0.25) is 0 Å². The predicted octanol–water partition coefficient (Wildman–Crippen LogP) is 12.7. The number of aryl methyl sites for hydroxylation is 4. The van der Waals surface area contributed by atoms with Gasteiger partial charge in [-0.1, -0.05) is 100 Å². The maximum Gasteiger partial charge on any atom is 0.118 e. The first-order valence-electron chi connectivity index (χ1n) is 20.8. The first-order chi connectivity index (χ1) is 26.5. The van der Waals surface area contributed by atoms with Crippen LogP contribution in [0.25, 0.3) is 0 Å². The maximum absolute atomic E-state index is 10.4. The van der Waals surface area contributed by atoms with Gasteiger partial charge in [0.2, 0.25) is 0 Å². The van der Waals surface area contributed by atoms with E-state index in [0.29, 0.717) is 34.8 Å². The molecule has 2 aliphatic rings. The molecule has 4 nitrogen and oxygen atoms in total. The number of aromatic hydroxyl groups is 4. The Kier molecular flexibility index (Phi) is 10.4. The summed E-state index contributed by atoms with van der Waals surface area (Å²) < 4.78 is 0. The van der Waals surface area contributed by atoms with E-state index in [4.69, 9.17) is 0 Å². The average Bonchev–Trinajstić information content (AvgIpc) is 3.19. The lowest BCUT2D eigenvalue weighted by Gasteiger charge is -2.47. The van der Waals surface area contributed by atoms with Crippen molar-refractivity contribution >= 4 is 0 Å². The fraction of sp³-hybridized carbons (Fsp3) is 0.423. The molecule has 2 aliphatic carbocycles. The van der Waals surface area contributed by atoms with E-state index in [1.165, 1.54) is 33.4 Å². The SMILES string of the molecule is Cc1cc(C2(c3ccc(O)c(C)c3)CCC(C(C)(C)c3cccc(C(C)(C)C4CCC(c5ccc(O)c(C)c5)(c5ccc(O)c(C)c5)CC4)c3)CC2)ccc1O. The van der Waals surface area contributed by atoms with Crippen LogP contribution in [0.15, 0.2) is 97.1 Å². The molecule has 2 fully saturated rings. The topological polar surface area (TPSA) is 80.9 Å². The summed E-state index contributed by atoms with van der Waals surface area (Å²) in [5.74, 6) is 2.32. The van der Waals surface area contributed by atoms with Gasteiger partial charge < -0.3 is 20.4 Å². The van der Waals surface area contributed by atoms with Gasteiger partial charge in [0.1, 0.15) is 23.0 Å². The molecule has 0 radical (unpaired) electrons. The highest BCUT2D eigenvalue weighted by Crippen LogP contribution is 2.54. The van der Waals surface area contributed by atoms with Gasteiger partial charge in [0.15, 0.2) is 0 Å². The Morgan fingerprint density at radius 1 is 0.411 bits per heavy atom. The molecule has 0 bridgehead atoms. The number of hydrogen-bond acceptors (Lipinski definition) is 4. The second-order valence-electron chi connectivity index (χ2n) is 18.7. The van der Waals surface area contributed by atoms with Crippen molar-refractivity contribution in [3.05, 3.63) is 153 Å². The number of rotatable bonds is 8. The Hall–Kier alpha value is -4.70. The van der Waals surface area contributed by atoms with Crippen molar-refractivity contribution in [2.24, 2.45) is 11.8 Å². The highest BCUT2D eigenvalue weighted by Gasteiger charge is 2.45. The molecular formula is C52H62O4. The minimum absolute atomic E-state index is 0.0246. The van der Waals surface area contributed by atoms with Crippen LogP contribution >= 0.6 is 0 Å². The molecule has 0 heterocycles. The summed E-state index contributed by atoms with van der Waals surface area (Å²) in [5, 5.41) is 41.7. The van der Waals surface area contributed by atoms with E-state index < -0.39 is 0 Å². The predicted molar refractivity (Wildman–Crippen MR) is 229 cm³/mol. The van der Waals surface area contributed by atoms with Gasteiger partial charge >= 0.3 is 0 Å². The minimum Gasteiger partial charge on any atom is -0.508 e. The van der Waals surface area contributed by atoms with Crippen molar-refractivity contribution in [3.63, 3.8) is 0 Å². The van der Waals surface area contributed by atoms with Gasteiger partial charge in [-0.05, 0) is 182 Å². The molecule has 5 aromatic rings. The number of phenols is 4. The van der Waals surface area contributed by atoms with E-state index in [1.54, 1.807) is 0 Å². The summed E-state index contributed by atoms with van der Waals surface area (Å²) >= 11 is 0. The largest absolute Gasteiger partial charge is 0.508 e. The lowest BCUT2D eigenvalue weighted by atomic mass is 9.56. The summed E-state index contributed by atoms with van der Waals surface area (Å²) in [5.41, 5.74) is 11.0. The Morgan fingerprint density at radius 3 is 0.929 bits per heavy atom. The first-order valence-corrected chi connectivity index (χ1v) is 20.8. The minimum atomic E-state index is -0.179. The van der Waals surface area contributed by atoms with Gasteiger partial charge in [-0.2, -0.15) is 0 Å². The Morgan fingerprint density at radius 2 is 0.679 bits per heavy atom. The van der Waals surface area contributed by atoms with Crippen LogP contribution in [0.4, 0.5) is 0 Å². The van der Waals surface area contributed by atoms with Crippen LogP contribution in [-0.2, 0) is 21.7 Å². The molecular weight excluding hydrogens is 689 g/mol. The van der Waals surface area contributed by atoms with Crippen molar-refractivity contribution in [1.82, 2.24) is 0 Å². The van der Waals surface area contributed by atoms with Crippen LogP contribution in [0, 0.1) is 39.5 Å². The lowest BCUT2D eigenvalue weighted by molar-refractivity contribution is 0.184. The first kappa shape index (κ1) is 39.5. The third kappa shape index (κ3) is 6.88. The molecule has 5 aromatic carbocycles. The molecule has 0 aromatic heterocycles. The second kappa shape index (κ2) is 14.7. The van der Waals surface area contributed by atoms with E-state index >= 15 is 0 Å². The normalized spacial score (nSPS) is 17.9. The van der Waals surface area contributed by atoms with Crippen LogP contribution in [-0.4, -0.2) is 20.4 Å². The van der Waals surface area contributed by atoms with Gasteiger partial charge in [-0.25, -0.2) is 0 Å². The standard InChI is InChI=1S/C52H62O4/c1-33-28-41(12-16-45(33)53)51(42-13-17-46(54)34(2)29-42)24-20-37(21-25-51)49(5,6)39-10-9-11-40(32-39)50(7,8)38-22-26-52(27-23-38,43-14-18-47(55)35(3)30-43)44-15-19-48(56)36(4)31-44/h9-19,28-32,37-38,53-56H,20-27H2,1-8H3. The van der Waals surface area contributed by atoms with E-state index in [-0.39, 0.29) is 21.7 Å². The molecule has 0 unspecified atom stereocenters. The van der Waals surface area contributed by atoms with Crippen molar-refractivity contribution < 1.29 is 20.4 Å². The Labute approximate surface area is 335 Å². The van der Waals surface area contributed by atoms with Crippen molar-refractivity contribution in [3.8, 4) is 23.0 Å². The molecule has 7 rings (SSSR count). The van der Waals surface area contributed by atoms with Crippen molar-refractivity contribution in [2.75, 3.05) is 0 Å². The molecule has 0 amide bonds. The number of hydrogen-bond donors (Lipinski definition) is 4. The lowest BCUT2D eigenvalue weighted by Crippen LogP contribution is -2.40. The zero-order valence-electron chi connectivity index (χ0n) is 34.8. The highest BCUT2D eigenvalue weighted by molar-refractivity contribution is 5.50. The quantitative estimate of drug-likeness (QED) is 0.127. The van der Waals surface area contributed by atoms with E-state index in [1.807, 2.05) is 52.0 Å². The highest BCUT2D eigenvalue weighted by atomic mass is 16.3. The molecule has 2 saturated carbocycles. The van der Waals surface area contributed by atoms with Gasteiger partial charge in [0.25, 0.3) is 0 Å². The summed E-state index contributed by atoms with van der Waals surface area (Å²) in [6, 6.07) is 34.0. The summed E-state index contributed by atoms with van der Waals surface area (Å²) in [7, 11) is 0. The number of benzene rings is 5. The molecule has 0 spiro atoms. The van der Waals surface area contributed by atoms with E-state index in [0.717, 1.165) is 73.6 Å². The van der Waals surface area contributed by atoms with Gasteiger partial charge in [-0.15, -0.1) is 0 Å².